The molecule has 0 bridgehead atoms. The number of nitrogens with two attached hydrogens (primary N) is 1. The second-order valence-electron chi connectivity index (χ2n) is 2.76. The highest BCUT2D eigenvalue weighted by molar-refractivity contribution is 5.98. The zero-order chi connectivity index (χ0) is 11.3. The number of nitrogens with one attached hydrogen (secondary N) is 1. The van der Waals surface area contributed by atoms with Crippen LogP contribution >= 0.6 is 0 Å². The number of carbonyl (C=O) groups is 2. The highest BCUT2D eigenvalue weighted by Gasteiger charge is 2.04. The Labute approximate surface area is 86.2 Å². The summed E-state index contributed by atoms with van der Waals surface area (Å²) in [5.74, 6) is -1.24. The zero-order valence-corrected chi connectivity index (χ0v) is 7.81. The normalized spacial score (nSPS) is 10.2. The van der Waals surface area contributed by atoms with Gasteiger partial charge in [-0.25, -0.2) is 5.48 Å². The smallest absolute Gasteiger partial charge is 0.267 e. The lowest BCUT2D eigenvalue weighted by molar-refractivity contribution is -0.124. The van der Waals surface area contributed by atoms with Gasteiger partial charge in [-0.1, -0.05) is 18.2 Å². The van der Waals surface area contributed by atoms with E-state index in [2.05, 4.69) is 0 Å². The SMILES string of the molecule is NC(=O)c1ccccc1C=CC(=O)NO. The molecule has 0 radical (unpaired) electrons. The first-order valence-electron chi connectivity index (χ1n) is 4.16. The van der Waals surface area contributed by atoms with Gasteiger partial charge >= 0.3 is 0 Å². The summed E-state index contributed by atoms with van der Waals surface area (Å²) in [7, 11) is 0. The Kier molecular flexibility index (Phi) is 3.59. The van der Waals surface area contributed by atoms with E-state index in [4.69, 9.17) is 10.9 Å². The summed E-state index contributed by atoms with van der Waals surface area (Å²) in [4.78, 5) is 21.7. The van der Waals surface area contributed by atoms with E-state index in [1.165, 1.54) is 11.6 Å². The van der Waals surface area contributed by atoms with E-state index < -0.39 is 11.8 Å². The van der Waals surface area contributed by atoms with Gasteiger partial charge in [0.1, 0.15) is 0 Å². The topological polar surface area (TPSA) is 92.4 Å². The molecule has 15 heavy (non-hydrogen) atoms. The Morgan fingerprint density at radius 2 is 2.00 bits per heavy atom. The number of hydrogen-bond acceptors (Lipinski definition) is 3. The van der Waals surface area contributed by atoms with Crippen molar-refractivity contribution >= 4 is 17.9 Å². The first-order valence-corrected chi connectivity index (χ1v) is 4.16. The third-order valence-corrected chi connectivity index (χ3v) is 1.75. The minimum Gasteiger partial charge on any atom is -0.366 e. The van der Waals surface area contributed by atoms with Crippen molar-refractivity contribution in [3.63, 3.8) is 0 Å². The fourth-order valence-corrected chi connectivity index (χ4v) is 1.07. The molecular weight excluding hydrogens is 196 g/mol. The molecule has 5 nitrogen and oxygen atoms in total. The third kappa shape index (κ3) is 2.92. The summed E-state index contributed by atoms with van der Waals surface area (Å²) in [6.45, 7) is 0. The van der Waals surface area contributed by atoms with Crippen molar-refractivity contribution in [1.82, 2.24) is 5.48 Å². The van der Waals surface area contributed by atoms with Gasteiger partial charge < -0.3 is 5.73 Å². The fourth-order valence-electron chi connectivity index (χ4n) is 1.07. The van der Waals surface area contributed by atoms with Crippen LogP contribution < -0.4 is 11.2 Å². The van der Waals surface area contributed by atoms with Crippen molar-refractivity contribution in [2.24, 2.45) is 5.73 Å². The molecule has 0 spiro atoms. The predicted octanol–water partition coefficient (Wildman–Crippen LogP) is 0.304. The standard InChI is InChI=1S/C10H10N2O3/c11-10(14)8-4-2-1-3-7(8)5-6-9(13)12-15/h1-6,15H,(H2,11,14)(H,12,13). The molecule has 78 valence electrons. The molecule has 0 aliphatic heterocycles. The lowest BCUT2D eigenvalue weighted by Gasteiger charge is -2.00. The number of carbonyl (C=O) groups excluding carboxylic acids is 2. The number of benzene rings is 1. The predicted molar refractivity (Wildman–Crippen MR) is 53.9 cm³/mol. The molecule has 0 heterocycles. The number of rotatable bonds is 3. The summed E-state index contributed by atoms with van der Waals surface area (Å²) in [5.41, 5.74) is 7.41. The largest absolute Gasteiger partial charge is 0.366 e. The molecule has 1 rings (SSSR count). The summed E-state index contributed by atoms with van der Waals surface area (Å²) >= 11 is 0. The van der Waals surface area contributed by atoms with E-state index in [1.807, 2.05) is 0 Å². The van der Waals surface area contributed by atoms with Gasteiger partial charge in [-0.15, -0.1) is 0 Å². The van der Waals surface area contributed by atoms with Gasteiger partial charge in [0.15, 0.2) is 0 Å². The third-order valence-electron chi connectivity index (χ3n) is 1.75. The van der Waals surface area contributed by atoms with E-state index in [0.717, 1.165) is 6.08 Å². The van der Waals surface area contributed by atoms with Crippen LogP contribution in [0.5, 0.6) is 0 Å². The van der Waals surface area contributed by atoms with Crippen LogP contribution in [0.1, 0.15) is 15.9 Å². The molecule has 1 aromatic rings. The van der Waals surface area contributed by atoms with Crippen molar-refractivity contribution in [3.05, 3.63) is 41.5 Å². The van der Waals surface area contributed by atoms with Crippen LogP contribution in [0.15, 0.2) is 30.3 Å². The molecule has 0 saturated heterocycles. The maximum atomic E-state index is 11.0. The van der Waals surface area contributed by atoms with Gasteiger partial charge in [0.2, 0.25) is 5.91 Å². The molecule has 0 fully saturated rings. The molecule has 1 aromatic carbocycles. The van der Waals surface area contributed by atoms with Crippen LogP contribution in [0, 0.1) is 0 Å². The minimum atomic E-state index is -0.672. The second-order valence-corrected chi connectivity index (χ2v) is 2.76. The molecule has 4 N–H and O–H groups in total. The second kappa shape index (κ2) is 4.92. The van der Waals surface area contributed by atoms with Crippen molar-refractivity contribution in [1.29, 1.82) is 0 Å². The fraction of sp³-hybridized carbons (Fsp3) is 0. The number of hydroxylamine groups is 1. The van der Waals surface area contributed by atoms with Crippen LogP contribution in [0.3, 0.4) is 0 Å². The summed E-state index contributed by atoms with van der Waals surface area (Å²) in [6.07, 6.45) is 2.49. The van der Waals surface area contributed by atoms with Gasteiger partial charge in [-0.2, -0.15) is 0 Å². The average Bonchev–Trinajstić information content (AvgIpc) is 2.26. The molecule has 0 atom stereocenters. The maximum Gasteiger partial charge on any atom is 0.267 e. The van der Waals surface area contributed by atoms with E-state index in [9.17, 15) is 9.59 Å². The van der Waals surface area contributed by atoms with Gasteiger partial charge in [0.05, 0.1) is 0 Å². The first kappa shape index (κ1) is 10.9. The number of amides is 2. The zero-order valence-electron chi connectivity index (χ0n) is 7.81. The van der Waals surface area contributed by atoms with E-state index in [-0.39, 0.29) is 0 Å². The Balaban J connectivity index is 2.99. The Hall–Kier alpha value is -2.14. The molecule has 0 aliphatic rings. The van der Waals surface area contributed by atoms with E-state index in [0.29, 0.717) is 11.1 Å². The van der Waals surface area contributed by atoms with Gasteiger partial charge in [-0.3, -0.25) is 14.8 Å². The molecule has 0 saturated carbocycles. The molecule has 0 aliphatic carbocycles. The van der Waals surface area contributed by atoms with Crippen LogP contribution in [0.2, 0.25) is 0 Å². The van der Waals surface area contributed by atoms with Crippen molar-refractivity contribution in [2.75, 3.05) is 0 Å². The van der Waals surface area contributed by atoms with Crippen molar-refractivity contribution < 1.29 is 14.8 Å². The molecule has 0 aromatic heterocycles. The summed E-state index contributed by atoms with van der Waals surface area (Å²) < 4.78 is 0. The van der Waals surface area contributed by atoms with Crippen molar-refractivity contribution in [3.8, 4) is 0 Å². The van der Waals surface area contributed by atoms with Crippen LogP contribution in [0.4, 0.5) is 0 Å². The number of hydrogen-bond donors (Lipinski definition) is 3. The Bertz CT molecular complexity index is 413. The quantitative estimate of drug-likeness (QED) is 0.377. The summed E-state index contributed by atoms with van der Waals surface area (Å²) in [6, 6.07) is 6.58. The van der Waals surface area contributed by atoms with E-state index >= 15 is 0 Å². The Morgan fingerprint density at radius 3 is 2.60 bits per heavy atom. The summed E-state index contributed by atoms with van der Waals surface area (Å²) in [5, 5.41) is 8.25. The molecule has 5 heteroatoms. The minimum absolute atomic E-state index is 0.319. The monoisotopic (exact) mass is 206 g/mol. The van der Waals surface area contributed by atoms with Crippen LogP contribution in [-0.4, -0.2) is 17.0 Å². The molecular formula is C10H10N2O3. The van der Waals surface area contributed by atoms with Crippen LogP contribution in [-0.2, 0) is 4.79 Å². The van der Waals surface area contributed by atoms with Crippen molar-refractivity contribution in [2.45, 2.75) is 0 Å². The molecule has 0 unspecified atom stereocenters. The maximum absolute atomic E-state index is 11.0. The van der Waals surface area contributed by atoms with Gasteiger partial charge in [0.25, 0.3) is 5.91 Å². The van der Waals surface area contributed by atoms with Gasteiger partial charge in [0, 0.05) is 11.6 Å². The highest BCUT2D eigenvalue weighted by Crippen LogP contribution is 2.09. The highest BCUT2D eigenvalue weighted by atomic mass is 16.5. The first-order chi connectivity index (χ1) is 7.15. The molecule has 2 amide bonds. The Morgan fingerprint density at radius 1 is 1.33 bits per heavy atom. The number of primary amides is 1. The lowest BCUT2D eigenvalue weighted by Crippen LogP contribution is -2.15. The average molecular weight is 206 g/mol. The van der Waals surface area contributed by atoms with Gasteiger partial charge in [-0.05, 0) is 17.7 Å². The van der Waals surface area contributed by atoms with Crippen LogP contribution in [0.25, 0.3) is 6.08 Å². The lowest BCUT2D eigenvalue weighted by atomic mass is 10.1. The van der Waals surface area contributed by atoms with E-state index in [1.54, 1.807) is 24.3 Å².